The molecular weight excluding hydrogens is 384 g/mol. The zero-order valence-electron chi connectivity index (χ0n) is 17.7. The maximum absolute atomic E-state index is 13.3. The molecule has 2 N–H and O–H groups in total. The highest BCUT2D eigenvalue weighted by Crippen LogP contribution is 2.36. The average Bonchev–Trinajstić information content (AvgIpc) is 2.83. The van der Waals surface area contributed by atoms with E-state index < -0.39 is 16.9 Å². The van der Waals surface area contributed by atoms with Crippen LogP contribution in [0.5, 0.6) is 5.75 Å². The van der Waals surface area contributed by atoms with Crippen LogP contribution >= 0.6 is 0 Å². The van der Waals surface area contributed by atoms with Gasteiger partial charge in [-0.3, -0.25) is 14.6 Å². The fraction of sp³-hybridized carbons (Fsp3) is 0.500. The smallest absolute Gasteiger partial charge is 0.325 e. The number of nitrogens with one attached hydrogen (secondary N) is 2. The number of aryl methyl sites for hydroxylation is 2. The van der Waals surface area contributed by atoms with E-state index in [2.05, 4.69) is 28.0 Å². The van der Waals surface area contributed by atoms with E-state index in [0.717, 1.165) is 42.8 Å². The molecule has 0 radical (unpaired) electrons. The topological polar surface area (TPSA) is 98.5 Å². The molecule has 1 spiro atoms. The standard InChI is InChI=1S/C22H28N4O4/c1-14-4-5-18-16(10-14)12-26(13-22(30-18)6-8-25(3)9-7-22)19(27)11-17-15(2)23-21(29)24-20(17)28/h4-5,10H,6-9,11-13H2,1-3H3,(H2,23,24,28,29). The van der Waals surface area contributed by atoms with Gasteiger partial charge in [-0.25, -0.2) is 4.79 Å². The molecule has 30 heavy (non-hydrogen) atoms. The summed E-state index contributed by atoms with van der Waals surface area (Å²) in [7, 11) is 2.09. The minimum atomic E-state index is -0.563. The molecule has 2 aromatic rings. The van der Waals surface area contributed by atoms with Gasteiger partial charge in [0.25, 0.3) is 5.56 Å². The number of carbonyl (C=O) groups is 1. The normalized spacial score (nSPS) is 18.6. The van der Waals surface area contributed by atoms with Gasteiger partial charge in [-0.05, 0) is 27.0 Å². The van der Waals surface area contributed by atoms with Crippen LogP contribution in [0.3, 0.4) is 0 Å². The molecule has 8 nitrogen and oxygen atoms in total. The van der Waals surface area contributed by atoms with Crippen LogP contribution in [0.15, 0.2) is 27.8 Å². The van der Waals surface area contributed by atoms with Gasteiger partial charge in [0, 0.05) is 49.3 Å². The first kappa shape index (κ1) is 20.4. The molecule has 3 heterocycles. The molecule has 2 aliphatic heterocycles. The lowest BCUT2D eigenvalue weighted by Gasteiger charge is -2.41. The van der Waals surface area contributed by atoms with Crippen molar-refractivity contribution in [2.24, 2.45) is 0 Å². The van der Waals surface area contributed by atoms with Crippen LogP contribution in [0, 0.1) is 13.8 Å². The number of hydrogen-bond acceptors (Lipinski definition) is 5. The van der Waals surface area contributed by atoms with E-state index in [0.29, 0.717) is 24.3 Å². The fourth-order valence-electron chi connectivity index (χ4n) is 4.37. The predicted octanol–water partition coefficient (Wildman–Crippen LogP) is 1.11. The van der Waals surface area contributed by atoms with Gasteiger partial charge in [-0.15, -0.1) is 0 Å². The quantitative estimate of drug-likeness (QED) is 0.770. The fourth-order valence-corrected chi connectivity index (χ4v) is 4.37. The SMILES string of the molecule is Cc1ccc2c(c1)CN(C(=O)Cc1c(C)[nH]c(=O)[nH]c1=O)CC1(CCN(C)CC1)O2. The lowest BCUT2D eigenvalue weighted by atomic mass is 9.90. The molecule has 0 atom stereocenters. The van der Waals surface area contributed by atoms with Gasteiger partial charge in [0.05, 0.1) is 13.0 Å². The summed E-state index contributed by atoms with van der Waals surface area (Å²) in [6, 6.07) is 6.08. The highest BCUT2D eigenvalue weighted by Gasteiger charge is 2.41. The average molecular weight is 412 g/mol. The Morgan fingerprint density at radius 3 is 2.60 bits per heavy atom. The third-order valence-corrected chi connectivity index (χ3v) is 6.22. The van der Waals surface area contributed by atoms with Crippen molar-refractivity contribution in [1.82, 2.24) is 19.8 Å². The van der Waals surface area contributed by atoms with Gasteiger partial charge in [0.2, 0.25) is 5.91 Å². The van der Waals surface area contributed by atoms with Crippen molar-refractivity contribution in [3.05, 3.63) is 61.4 Å². The van der Waals surface area contributed by atoms with E-state index >= 15 is 0 Å². The number of likely N-dealkylation sites (tertiary alicyclic amines) is 1. The van der Waals surface area contributed by atoms with Gasteiger partial charge in [-0.1, -0.05) is 17.7 Å². The first-order valence-electron chi connectivity index (χ1n) is 10.3. The minimum Gasteiger partial charge on any atom is -0.485 e. The Labute approximate surface area is 174 Å². The molecule has 0 saturated carbocycles. The second kappa shape index (κ2) is 7.75. The molecule has 1 aromatic carbocycles. The second-order valence-electron chi connectivity index (χ2n) is 8.64. The van der Waals surface area contributed by atoms with Crippen LogP contribution in [-0.4, -0.2) is 58.0 Å². The Morgan fingerprint density at radius 1 is 1.17 bits per heavy atom. The summed E-state index contributed by atoms with van der Waals surface area (Å²) in [6.45, 7) is 6.39. The predicted molar refractivity (Wildman–Crippen MR) is 113 cm³/mol. The zero-order chi connectivity index (χ0) is 21.5. The molecule has 1 fully saturated rings. The van der Waals surface area contributed by atoms with Crippen LogP contribution < -0.4 is 16.0 Å². The molecular formula is C22H28N4O4. The molecule has 1 saturated heterocycles. The van der Waals surface area contributed by atoms with E-state index in [-0.39, 0.29) is 12.3 Å². The summed E-state index contributed by atoms with van der Waals surface area (Å²) in [5.41, 5.74) is 1.30. The summed E-state index contributed by atoms with van der Waals surface area (Å²) >= 11 is 0. The van der Waals surface area contributed by atoms with E-state index in [1.807, 2.05) is 19.1 Å². The minimum absolute atomic E-state index is 0.0604. The summed E-state index contributed by atoms with van der Waals surface area (Å²) in [5, 5.41) is 0. The van der Waals surface area contributed by atoms with Crippen molar-refractivity contribution in [2.45, 2.75) is 45.3 Å². The van der Waals surface area contributed by atoms with Crippen LogP contribution in [0.25, 0.3) is 0 Å². The molecule has 0 bridgehead atoms. The van der Waals surface area contributed by atoms with Crippen molar-refractivity contribution >= 4 is 5.91 Å². The summed E-state index contributed by atoms with van der Waals surface area (Å²) < 4.78 is 6.55. The van der Waals surface area contributed by atoms with Gasteiger partial charge >= 0.3 is 5.69 Å². The second-order valence-corrected chi connectivity index (χ2v) is 8.64. The maximum atomic E-state index is 13.3. The number of rotatable bonds is 2. The third-order valence-electron chi connectivity index (χ3n) is 6.22. The Balaban J connectivity index is 1.67. The van der Waals surface area contributed by atoms with Crippen molar-refractivity contribution < 1.29 is 9.53 Å². The van der Waals surface area contributed by atoms with Crippen LogP contribution in [0.2, 0.25) is 0 Å². The number of ether oxygens (including phenoxy) is 1. The molecule has 0 unspecified atom stereocenters. The number of carbonyl (C=O) groups excluding carboxylic acids is 1. The number of benzene rings is 1. The molecule has 1 amide bonds. The van der Waals surface area contributed by atoms with E-state index in [1.165, 1.54) is 0 Å². The molecule has 2 aliphatic rings. The molecule has 4 rings (SSSR count). The number of H-pyrrole nitrogens is 2. The number of aromatic nitrogens is 2. The maximum Gasteiger partial charge on any atom is 0.325 e. The van der Waals surface area contributed by atoms with E-state index in [1.54, 1.807) is 11.8 Å². The van der Waals surface area contributed by atoms with Gasteiger partial charge in [-0.2, -0.15) is 0 Å². The number of fused-ring (bicyclic) bond motifs is 1. The Bertz CT molecular complexity index is 1080. The van der Waals surface area contributed by atoms with E-state index in [4.69, 9.17) is 4.74 Å². The summed E-state index contributed by atoms with van der Waals surface area (Å²) in [5.74, 6) is 0.686. The number of amides is 1. The first-order valence-corrected chi connectivity index (χ1v) is 10.3. The van der Waals surface area contributed by atoms with Crippen LogP contribution in [0.1, 0.15) is 35.2 Å². The number of piperidine rings is 1. The zero-order valence-corrected chi connectivity index (χ0v) is 17.7. The number of nitrogens with zero attached hydrogens (tertiary/aromatic N) is 2. The van der Waals surface area contributed by atoms with Crippen molar-refractivity contribution in [3.8, 4) is 5.75 Å². The summed E-state index contributed by atoms with van der Waals surface area (Å²) in [4.78, 5) is 45.9. The first-order chi connectivity index (χ1) is 14.2. The largest absolute Gasteiger partial charge is 0.485 e. The lowest BCUT2D eigenvalue weighted by Crippen LogP contribution is -2.53. The molecule has 8 heteroatoms. The molecule has 0 aliphatic carbocycles. The van der Waals surface area contributed by atoms with Gasteiger partial charge < -0.3 is 19.5 Å². The van der Waals surface area contributed by atoms with Gasteiger partial charge in [0.1, 0.15) is 11.4 Å². The van der Waals surface area contributed by atoms with Crippen molar-refractivity contribution in [1.29, 1.82) is 0 Å². The summed E-state index contributed by atoms with van der Waals surface area (Å²) in [6.07, 6.45) is 1.60. The Morgan fingerprint density at radius 2 is 1.90 bits per heavy atom. The van der Waals surface area contributed by atoms with Crippen molar-refractivity contribution in [3.63, 3.8) is 0 Å². The van der Waals surface area contributed by atoms with Crippen molar-refractivity contribution in [2.75, 3.05) is 26.7 Å². The highest BCUT2D eigenvalue weighted by molar-refractivity contribution is 5.79. The Kier molecular flexibility index (Phi) is 5.27. The monoisotopic (exact) mass is 412 g/mol. The number of aromatic amines is 2. The molecule has 160 valence electrons. The highest BCUT2D eigenvalue weighted by atomic mass is 16.5. The van der Waals surface area contributed by atoms with Gasteiger partial charge in [0.15, 0.2) is 0 Å². The van der Waals surface area contributed by atoms with E-state index in [9.17, 15) is 14.4 Å². The van der Waals surface area contributed by atoms with Crippen LogP contribution in [0.4, 0.5) is 0 Å². The molecule has 1 aromatic heterocycles. The third kappa shape index (κ3) is 4.05. The lowest BCUT2D eigenvalue weighted by molar-refractivity contribution is -0.134. The Hall–Kier alpha value is -2.87. The van der Waals surface area contributed by atoms with Crippen LogP contribution in [-0.2, 0) is 17.8 Å². The number of hydrogen-bond donors (Lipinski definition) is 2.